The molecular weight excluding hydrogens is 444 g/mol. The number of carbonyl (C=O) groups is 2. The molecule has 2 atom stereocenters. The van der Waals surface area contributed by atoms with Gasteiger partial charge in [-0.15, -0.1) is 0 Å². The van der Waals surface area contributed by atoms with Gasteiger partial charge in [0.1, 0.15) is 0 Å². The van der Waals surface area contributed by atoms with E-state index in [2.05, 4.69) is 5.32 Å². The number of hydrogen-bond acceptors (Lipinski definition) is 5. The maximum atomic E-state index is 13.2. The number of carbonyl (C=O) groups excluding carboxylic acids is 2. The van der Waals surface area contributed by atoms with Gasteiger partial charge >= 0.3 is 0 Å². The largest absolute Gasteiger partial charge is 0.493 e. The zero-order valence-electron chi connectivity index (χ0n) is 19.7. The highest BCUT2D eigenvalue weighted by Crippen LogP contribution is 2.43. The van der Waals surface area contributed by atoms with Crippen LogP contribution in [0.15, 0.2) is 36.4 Å². The van der Waals surface area contributed by atoms with Crippen LogP contribution in [0.4, 0.5) is 0 Å². The molecule has 1 fully saturated rings. The molecule has 33 heavy (non-hydrogen) atoms. The van der Waals surface area contributed by atoms with Crippen molar-refractivity contribution in [3.05, 3.63) is 52.5 Å². The monoisotopic (exact) mass is 474 g/mol. The summed E-state index contributed by atoms with van der Waals surface area (Å²) in [5, 5.41) is 3.52. The summed E-state index contributed by atoms with van der Waals surface area (Å²) in [6.45, 7) is 5.33. The molecule has 2 amide bonds. The number of benzene rings is 2. The highest BCUT2D eigenvalue weighted by Gasteiger charge is 2.41. The van der Waals surface area contributed by atoms with Gasteiger partial charge in [-0.3, -0.25) is 9.59 Å². The van der Waals surface area contributed by atoms with Gasteiger partial charge in [0.25, 0.3) is 5.91 Å². The number of halogens is 1. The van der Waals surface area contributed by atoms with Crippen molar-refractivity contribution in [2.24, 2.45) is 11.8 Å². The molecular formula is C25H31ClN2O5. The molecule has 0 aliphatic carbocycles. The van der Waals surface area contributed by atoms with E-state index in [4.69, 9.17) is 25.8 Å². The van der Waals surface area contributed by atoms with Crippen LogP contribution >= 0.6 is 11.6 Å². The van der Waals surface area contributed by atoms with Crippen LogP contribution in [0.5, 0.6) is 17.2 Å². The molecule has 8 heteroatoms. The molecule has 1 aliphatic rings. The Balaban J connectivity index is 1.97. The summed E-state index contributed by atoms with van der Waals surface area (Å²) in [6.07, 6.45) is 0. The van der Waals surface area contributed by atoms with E-state index in [1.165, 1.54) is 0 Å². The van der Waals surface area contributed by atoms with Gasteiger partial charge in [-0.2, -0.15) is 0 Å². The van der Waals surface area contributed by atoms with Gasteiger partial charge in [-0.05, 0) is 41.8 Å². The Morgan fingerprint density at radius 1 is 1.06 bits per heavy atom. The minimum absolute atomic E-state index is 0.0798. The maximum absolute atomic E-state index is 13.2. The summed E-state index contributed by atoms with van der Waals surface area (Å²) in [6, 6.07) is 10.5. The van der Waals surface area contributed by atoms with Crippen LogP contribution in [0.1, 0.15) is 35.7 Å². The molecule has 2 aromatic rings. The predicted octanol–water partition coefficient (Wildman–Crippen LogP) is 3.99. The molecule has 1 heterocycles. The third-order valence-electron chi connectivity index (χ3n) is 5.82. The Hall–Kier alpha value is -2.93. The van der Waals surface area contributed by atoms with Gasteiger partial charge in [0, 0.05) is 36.1 Å². The van der Waals surface area contributed by atoms with E-state index >= 15 is 0 Å². The highest BCUT2D eigenvalue weighted by molar-refractivity contribution is 6.30. The molecule has 2 aromatic carbocycles. The lowest BCUT2D eigenvalue weighted by molar-refractivity contribution is -0.125. The van der Waals surface area contributed by atoms with E-state index in [1.807, 2.05) is 26.0 Å². The molecule has 1 aliphatic heterocycles. The SMILES string of the molecule is COc1cc([C@@H]2CN(C(=O)c3cccc(Cl)c3)C[C@H]2C(=O)NCC(C)C)cc(OC)c1OC. The zero-order chi connectivity index (χ0) is 24.1. The van der Waals surface area contributed by atoms with Crippen LogP contribution < -0.4 is 19.5 Å². The number of nitrogens with one attached hydrogen (secondary N) is 1. The van der Waals surface area contributed by atoms with Crippen molar-refractivity contribution in [3.8, 4) is 17.2 Å². The van der Waals surface area contributed by atoms with Crippen molar-refractivity contribution < 1.29 is 23.8 Å². The normalized spacial score (nSPS) is 17.7. The molecule has 0 bridgehead atoms. The summed E-state index contributed by atoms with van der Waals surface area (Å²) >= 11 is 6.09. The third-order valence-corrected chi connectivity index (χ3v) is 6.05. The number of likely N-dealkylation sites (tertiary alicyclic amines) is 1. The van der Waals surface area contributed by atoms with Crippen LogP contribution in [0.25, 0.3) is 0 Å². The lowest BCUT2D eigenvalue weighted by Gasteiger charge is -2.21. The molecule has 1 saturated heterocycles. The fourth-order valence-corrected chi connectivity index (χ4v) is 4.32. The van der Waals surface area contributed by atoms with Gasteiger partial charge < -0.3 is 24.4 Å². The lowest BCUT2D eigenvalue weighted by Crippen LogP contribution is -2.37. The standard InChI is InChI=1S/C25H31ClN2O5/c1-15(2)12-27-24(29)20-14-28(25(30)16-7-6-8-18(26)9-16)13-19(20)17-10-21(31-3)23(33-5)22(11-17)32-4/h6-11,15,19-20H,12-14H2,1-5H3,(H,27,29)/t19-,20+/m0/s1. The van der Waals surface area contributed by atoms with Gasteiger partial charge in [-0.1, -0.05) is 31.5 Å². The van der Waals surface area contributed by atoms with Crippen LogP contribution in [-0.4, -0.2) is 57.7 Å². The van der Waals surface area contributed by atoms with Crippen molar-refractivity contribution in [1.29, 1.82) is 0 Å². The smallest absolute Gasteiger partial charge is 0.253 e. The Labute approximate surface area is 200 Å². The van der Waals surface area contributed by atoms with Gasteiger partial charge in [-0.25, -0.2) is 0 Å². The molecule has 7 nitrogen and oxygen atoms in total. The first-order chi connectivity index (χ1) is 15.8. The van der Waals surface area contributed by atoms with Crippen molar-refractivity contribution in [1.82, 2.24) is 10.2 Å². The Bertz CT molecular complexity index is 985. The second kappa shape index (κ2) is 10.8. The van der Waals surface area contributed by atoms with Crippen molar-refractivity contribution in [2.45, 2.75) is 19.8 Å². The fourth-order valence-electron chi connectivity index (χ4n) is 4.13. The molecule has 3 rings (SSSR count). The summed E-state index contributed by atoms with van der Waals surface area (Å²) in [5.74, 6) is 0.913. The van der Waals surface area contributed by atoms with Crippen molar-refractivity contribution in [2.75, 3.05) is 41.0 Å². The van der Waals surface area contributed by atoms with Crippen molar-refractivity contribution >= 4 is 23.4 Å². The number of amides is 2. The molecule has 1 N–H and O–H groups in total. The topological polar surface area (TPSA) is 77.1 Å². The zero-order valence-corrected chi connectivity index (χ0v) is 20.4. The summed E-state index contributed by atoms with van der Waals surface area (Å²) in [5.41, 5.74) is 1.34. The molecule has 0 spiro atoms. The third kappa shape index (κ3) is 5.53. The predicted molar refractivity (Wildman–Crippen MR) is 128 cm³/mol. The summed E-state index contributed by atoms with van der Waals surface area (Å²) in [7, 11) is 4.65. The van der Waals surface area contributed by atoms with Crippen LogP contribution in [0.3, 0.4) is 0 Å². The second-order valence-electron chi connectivity index (χ2n) is 8.53. The number of methoxy groups -OCH3 is 3. The number of nitrogens with zero attached hydrogens (tertiary/aromatic N) is 1. The quantitative estimate of drug-likeness (QED) is 0.626. The van der Waals surface area contributed by atoms with Crippen LogP contribution in [-0.2, 0) is 4.79 Å². The van der Waals surface area contributed by atoms with Gasteiger partial charge in [0.05, 0.1) is 27.2 Å². The minimum atomic E-state index is -0.422. The number of rotatable bonds is 8. The minimum Gasteiger partial charge on any atom is -0.493 e. The average Bonchev–Trinajstić information content (AvgIpc) is 3.26. The number of ether oxygens (including phenoxy) is 3. The van der Waals surface area contributed by atoms with E-state index in [-0.39, 0.29) is 17.7 Å². The Morgan fingerprint density at radius 2 is 1.73 bits per heavy atom. The van der Waals surface area contributed by atoms with E-state index in [0.29, 0.717) is 53.4 Å². The van der Waals surface area contributed by atoms with E-state index < -0.39 is 5.92 Å². The summed E-state index contributed by atoms with van der Waals surface area (Å²) in [4.78, 5) is 28.1. The van der Waals surface area contributed by atoms with Crippen LogP contribution in [0, 0.1) is 11.8 Å². The summed E-state index contributed by atoms with van der Waals surface area (Å²) < 4.78 is 16.5. The molecule has 0 aromatic heterocycles. The highest BCUT2D eigenvalue weighted by atomic mass is 35.5. The van der Waals surface area contributed by atoms with E-state index in [1.54, 1.807) is 50.5 Å². The van der Waals surface area contributed by atoms with E-state index in [0.717, 1.165) is 5.56 Å². The fraction of sp³-hybridized carbons (Fsp3) is 0.440. The maximum Gasteiger partial charge on any atom is 0.253 e. The average molecular weight is 475 g/mol. The number of hydrogen-bond donors (Lipinski definition) is 1. The Kier molecular flexibility index (Phi) is 8.08. The first-order valence-electron chi connectivity index (χ1n) is 10.9. The van der Waals surface area contributed by atoms with Gasteiger partial charge in [0.15, 0.2) is 11.5 Å². The first-order valence-corrected chi connectivity index (χ1v) is 11.3. The van der Waals surface area contributed by atoms with Crippen LogP contribution in [0.2, 0.25) is 5.02 Å². The van der Waals surface area contributed by atoms with E-state index in [9.17, 15) is 9.59 Å². The molecule has 0 radical (unpaired) electrons. The molecule has 0 saturated carbocycles. The first kappa shape index (κ1) is 24.7. The van der Waals surface area contributed by atoms with Crippen molar-refractivity contribution in [3.63, 3.8) is 0 Å². The molecule has 178 valence electrons. The Morgan fingerprint density at radius 3 is 2.27 bits per heavy atom. The lowest BCUT2D eigenvalue weighted by atomic mass is 9.87. The van der Waals surface area contributed by atoms with Gasteiger partial charge in [0.2, 0.25) is 11.7 Å². The molecule has 0 unspecified atom stereocenters. The second-order valence-corrected chi connectivity index (χ2v) is 8.97.